The molecule has 0 unspecified atom stereocenters. The summed E-state index contributed by atoms with van der Waals surface area (Å²) in [5.41, 5.74) is 8.94. The van der Waals surface area contributed by atoms with Gasteiger partial charge in [-0.2, -0.15) is 0 Å². The Labute approximate surface area is 184 Å². The molecule has 3 N–H and O–H groups in total. The molecule has 0 bridgehead atoms. The molecule has 0 spiro atoms. The highest BCUT2D eigenvalue weighted by Gasteiger charge is 2.28. The maximum atomic E-state index is 15.8. The van der Waals surface area contributed by atoms with E-state index in [2.05, 4.69) is 15.3 Å². The molecule has 1 aliphatic rings. The largest absolute Gasteiger partial charge is 0.382 e. The number of nitrogens with two attached hydrogens (primary N) is 1. The van der Waals surface area contributed by atoms with E-state index in [4.69, 9.17) is 10.7 Å². The van der Waals surface area contributed by atoms with Crippen molar-refractivity contribution in [2.45, 2.75) is 25.2 Å². The Hall–Kier alpha value is -4.00. The molecule has 0 radical (unpaired) electrons. The van der Waals surface area contributed by atoms with Crippen molar-refractivity contribution in [2.24, 2.45) is 0 Å². The summed E-state index contributed by atoms with van der Waals surface area (Å²) in [7, 11) is 0. The van der Waals surface area contributed by atoms with Gasteiger partial charge in [0.1, 0.15) is 34.2 Å². The van der Waals surface area contributed by atoms with Crippen LogP contribution in [0, 0.1) is 5.82 Å². The molecule has 158 valence electrons. The summed E-state index contributed by atoms with van der Waals surface area (Å²) in [6.45, 7) is 0. The van der Waals surface area contributed by atoms with Crippen molar-refractivity contribution in [1.29, 1.82) is 0 Å². The van der Waals surface area contributed by atoms with E-state index in [0.29, 0.717) is 34.3 Å². The number of aromatic nitrogens is 4. The number of fused-ring (bicyclic) bond motifs is 2. The number of benzene rings is 2. The average molecular weight is 424 g/mol. The van der Waals surface area contributed by atoms with Gasteiger partial charge in [0.2, 0.25) is 0 Å². The van der Waals surface area contributed by atoms with E-state index < -0.39 is 5.82 Å². The predicted octanol–water partition coefficient (Wildman–Crippen LogP) is 5.68. The Kier molecular flexibility index (Phi) is 4.28. The van der Waals surface area contributed by atoms with Gasteiger partial charge in [-0.25, -0.2) is 19.3 Å². The average Bonchev–Trinajstić information content (AvgIpc) is 3.14. The van der Waals surface area contributed by atoms with Crippen molar-refractivity contribution >= 4 is 33.7 Å². The second kappa shape index (κ2) is 7.30. The fraction of sp³-hybridized carbons (Fsp3) is 0.160. The van der Waals surface area contributed by atoms with Gasteiger partial charge < -0.3 is 11.1 Å². The molecule has 0 amide bonds. The van der Waals surface area contributed by atoms with E-state index in [1.807, 2.05) is 59.1 Å². The van der Waals surface area contributed by atoms with Gasteiger partial charge in [0, 0.05) is 34.9 Å². The maximum Gasteiger partial charge on any atom is 0.158 e. The molecule has 6 nitrogen and oxygen atoms in total. The van der Waals surface area contributed by atoms with Crippen LogP contribution in [0.4, 0.5) is 21.7 Å². The molecule has 0 saturated heterocycles. The number of nitrogen functional groups attached to an aromatic ring is 1. The zero-order chi connectivity index (χ0) is 21.7. The molecule has 6 rings (SSSR count). The molecule has 1 saturated carbocycles. The highest BCUT2D eigenvalue weighted by Crippen LogP contribution is 2.40. The normalized spacial score (nSPS) is 14.0. The lowest BCUT2D eigenvalue weighted by Gasteiger charge is -2.23. The number of pyridine rings is 1. The van der Waals surface area contributed by atoms with Gasteiger partial charge in [0.05, 0.1) is 0 Å². The van der Waals surface area contributed by atoms with Crippen LogP contribution in [0.25, 0.3) is 27.7 Å². The van der Waals surface area contributed by atoms with Crippen molar-refractivity contribution in [1.82, 2.24) is 19.4 Å². The molecule has 2 aromatic carbocycles. The number of hydrogen-bond acceptors (Lipinski definition) is 5. The van der Waals surface area contributed by atoms with Crippen molar-refractivity contribution < 1.29 is 4.39 Å². The maximum absolute atomic E-state index is 15.8. The van der Waals surface area contributed by atoms with Crippen LogP contribution in [0.1, 0.15) is 31.0 Å². The van der Waals surface area contributed by atoms with E-state index >= 15 is 4.39 Å². The molecule has 3 heterocycles. The Morgan fingerprint density at radius 2 is 1.81 bits per heavy atom. The van der Waals surface area contributed by atoms with Gasteiger partial charge in [0.15, 0.2) is 5.82 Å². The first-order valence-corrected chi connectivity index (χ1v) is 10.7. The van der Waals surface area contributed by atoms with Gasteiger partial charge >= 0.3 is 0 Å². The van der Waals surface area contributed by atoms with Crippen LogP contribution >= 0.6 is 0 Å². The monoisotopic (exact) mass is 424 g/mol. The van der Waals surface area contributed by atoms with E-state index in [9.17, 15) is 0 Å². The number of para-hydroxylation sites is 1. The molecule has 5 aromatic rings. The van der Waals surface area contributed by atoms with Crippen molar-refractivity contribution in [3.8, 4) is 11.3 Å². The molecular weight excluding hydrogens is 403 g/mol. The topological polar surface area (TPSA) is 81.1 Å². The van der Waals surface area contributed by atoms with Crippen molar-refractivity contribution in [3.63, 3.8) is 0 Å². The minimum Gasteiger partial charge on any atom is -0.382 e. The second-order valence-electron chi connectivity index (χ2n) is 8.16. The first kappa shape index (κ1) is 18.7. The quantitative estimate of drug-likeness (QED) is 0.388. The highest BCUT2D eigenvalue weighted by molar-refractivity contribution is 5.92. The zero-order valence-corrected chi connectivity index (χ0v) is 17.3. The Morgan fingerprint density at radius 1 is 1.00 bits per heavy atom. The minimum atomic E-state index is -0.414. The number of hydrogen-bond donors (Lipinski definition) is 2. The number of nitrogens with one attached hydrogen (secondary N) is 1. The van der Waals surface area contributed by atoms with Crippen LogP contribution in [0.3, 0.4) is 0 Å². The molecule has 1 fully saturated rings. The smallest absolute Gasteiger partial charge is 0.158 e. The fourth-order valence-corrected chi connectivity index (χ4v) is 4.31. The third-order valence-electron chi connectivity index (χ3n) is 6.18. The summed E-state index contributed by atoms with van der Waals surface area (Å²) in [4.78, 5) is 13.7. The SMILES string of the molecule is Nc1nccn2c(C3CCC3)nc(-c3ccc4ccc(Nc5ccccc5)nc4c3F)c12. The molecule has 1 aliphatic carbocycles. The van der Waals surface area contributed by atoms with Crippen LogP contribution in [0.2, 0.25) is 0 Å². The first-order valence-electron chi connectivity index (χ1n) is 10.7. The zero-order valence-electron chi connectivity index (χ0n) is 17.3. The molecule has 7 heteroatoms. The fourth-order valence-electron chi connectivity index (χ4n) is 4.31. The van der Waals surface area contributed by atoms with E-state index in [1.165, 1.54) is 6.42 Å². The Bertz CT molecular complexity index is 1460. The molecule has 0 atom stereocenters. The lowest BCUT2D eigenvalue weighted by molar-refractivity contribution is 0.400. The number of nitrogens with zero attached hydrogens (tertiary/aromatic N) is 4. The van der Waals surface area contributed by atoms with E-state index in [1.54, 1.807) is 12.3 Å². The minimum absolute atomic E-state index is 0.289. The van der Waals surface area contributed by atoms with Crippen molar-refractivity contribution in [2.75, 3.05) is 11.1 Å². The summed E-state index contributed by atoms with van der Waals surface area (Å²) in [6, 6.07) is 17.0. The standard InChI is InChI=1S/C25H21FN6/c26-20-18(22-23-24(27)28-13-14-32(23)25(31-22)16-5-4-6-16)11-9-15-10-12-19(30-21(15)20)29-17-7-2-1-3-8-17/h1-3,7-14,16H,4-6H2,(H2,27,28)(H,29,30). The van der Waals surface area contributed by atoms with Crippen LogP contribution in [-0.4, -0.2) is 19.4 Å². The van der Waals surface area contributed by atoms with Crippen LogP contribution in [0.5, 0.6) is 0 Å². The second-order valence-corrected chi connectivity index (χ2v) is 8.16. The predicted molar refractivity (Wildman–Crippen MR) is 124 cm³/mol. The Morgan fingerprint density at radius 3 is 2.59 bits per heavy atom. The van der Waals surface area contributed by atoms with Crippen molar-refractivity contribution in [3.05, 3.63) is 78.6 Å². The molecule has 3 aromatic heterocycles. The van der Waals surface area contributed by atoms with Crippen LogP contribution in [-0.2, 0) is 0 Å². The third-order valence-corrected chi connectivity index (χ3v) is 6.18. The van der Waals surface area contributed by atoms with E-state index in [-0.39, 0.29) is 5.52 Å². The summed E-state index contributed by atoms with van der Waals surface area (Å²) < 4.78 is 17.8. The van der Waals surface area contributed by atoms with Gasteiger partial charge in [-0.05, 0) is 43.2 Å². The van der Waals surface area contributed by atoms with Gasteiger partial charge in [-0.15, -0.1) is 0 Å². The van der Waals surface area contributed by atoms with Gasteiger partial charge in [0.25, 0.3) is 0 Å². The molecule has 32 heavy (non-hydrogen) atoms. The van der Waals surface area contributed by atoms with Crippen LogP contribution < -0.4 is 11.1 Å². The van der Waals surface area contributed by atoms with Gasteiger partial charge in [-0.1, -0.05) is 30.7 Å². The lowest BCUT2D eigenvalue weighted by atomic mass is 9.85. The van der Waals surface area contributed by atoms with E-state index in [0.717, 1.165) is 29.7 Å². The summed E-state index contributed by atoms with van der Waals surface area (Å²) in [6.07, 6.45) is 6.86. The van der Waals surface area contributed by atoms with Gasteiger partial charge in [-0.3, -0.25) is 4.40 Å². The lowest BCUT2D eigenvalue weighted by Crippen LogP contribution is -2.12. The summed E-state index contributed by atoms with van der Waals surface area (Å²) in [5, 5.41) is 3.95. The number of rotatable bonds is 4. The molecular formula is C25H21FN6. The highest BCUT2D eigenvalue weighted by atomic mass is 19.1. The molecule has 0 aliphatic heterocycles. The summed E-state index contributed by atoms with van der Waals surface area (Å²) >= 11 is 0. The number of imidazole rings is 1. The number of halogens is 1. The first-order chi connectivity index (χ1) is 15.7. The Balaban J connectivity index is 1.51. The summed E-state index contributed by atoms with van der Waals surface area (Å²) in [5.74, 6) is 1.78. The number of anilines is 3. The third kappa shape index (κ3) is 2.97. The van der Waals surface area contributed by atoms with Crippen LogP contribution in [0.15, 0.2) is 67.0 Å².